The van der Waals surface area contributed by atoms with Gasteiger partial charge in [-0.2, -0.15) is 0 Å². The molecule has 20 heavy (non-hydrogen) atoms. The zero-order valence-electron chi connectivity index (χ0n) is 11.4. The lowest BCUT2D eigenvalue weighted by atomic mass is 10.2. The summed E-state index contributed by atoms with van der Waals surface area (Å²) in [6.07, 6.45) is 2.53. The van der Waals surface area contributed by atoms with E-state index >= 15 is 0 Å². The minimum absolute atomic E-state index is 0.172. The van der Waals surface area contributed by atoms with Crippen LogP contribution in [-0.2, 0) is 4.74 Å². The number of thiazole rings is 1. The van der Waals surface area contributed by atoms with Crippen molar-refractivity contribution in [3.8, 4) is 11.3 Å². The molecule has 2 heterocycles. The van der Waals surface area contributed by atoms with E-state index in [2.05, 4.69) is 20.3 Å². The molecule has 2 aromatic rings. The van der Waals surface area contributed by atoms with E-state index in [9.17, 15) is 4.79 Å². The molecule has 3 N–H and O–H groups in total. The second kappa shape index (κ2) is 5.41. The Morgan fingerprint density at radius 2 is 2.00 bits per heavy atom. The Morgan fingerprint density at radius 3 is 2.50 bits per heavy atom. The van der Waals surface area contributed by atoms with Crippen molar-refractivity contribution in [2.45, 2.75) is 26.4 Å². The number of hydrogen-bond donors (Lipinski definition) is 2. The first-order valence-corrected chi connectivity index (χ1v) is 6.75. The van der Waals surface area contributed by atoms with Gasteiger partial charge in [0, 0.05) is 23.3 Å². The summed E-state index contributed by atoms with van der Waals surface area (Å²) in [5.74, 6) is 0.172. The van der Waals surface area contributed by atoms with Gasteiger partial charge in [-0.3, -0.25) is 5.32 Å². The minimum Gasteiger partial charge on any atom is -0.444 e. The third-order valence-corrected chi connectivity index (χ3v) is 2.76. The van der Waals surface area contributed by atoms with Gasteiger partial charge >= 0.3 is 6.09 Å². The van der Waals surface area contributed by atoms with Crippen LogP contribution in [0.3, 0.4) is 0 Å². The molecule has 0 aliphatic rings. The highest BCUT2D eigenvalue weighted by molar-refractivity contribution is 7.13. The molecule has 0 aliphatic carbocycles. The van der Waals surface area contributed by atoms with E-state index in [1.165, 1.54) is 11.3 Å². The molecule has 1 amide bonds. The van der Waals surface area contributed by atoms with Crippen LogP contribution in [0.5, 0.6) is 0 Å². The van der Waals surface area contributed by atoms with E-state index in [1.807, 2.05) is 5.38 Å². The Labute approximate surface area is 120 Å². The predicted molar refractivity (Wildman–Crippen MR) is 77.4 cm³/mol. The van der Waals surface area contributed by atoms with Gasteiger partial charge in [-0.15, -0.1) is 11.3 Å². The van der Waals surface area contributed by atoms with Crippen LogP contribution in [0.1, 0.15) is 20.8 Å². The molecule has 0 aliphatic heterocycles. The van der Waals surface area contributed by atoms with Gasteiger partial charge in [0.25, 0.3) is 0 Å². The van der Waals surface area contributed by atoms with E-state index in [0.29, 0.717) is 10.8 Å². The van der Waals surface area contributed by atoms with Crippen LogP contribution in [0, 0.1) is 0 Å². The number of aromatic nitrogens is 3. The van der Waals surface area contributed by atoms with Crippen LogP contribution in [0.2, 0.25) is 0 Å². The molecule has 0 fully saturated rings. The van der Waals surface area contributed by atoms with Crippen LogP contribution in [-0.4, -0.2) is 26.6 Å². The third-order valence-electron chi connectivity index (χ3n) is 2.08. The van der Waals surface area contributed by atoms with E-state index in [0.717, 1.165) is 5.56 Å². The van der Waals surface area contributed by atoms with Crippen LogP contribution in [0.4, 0.5) is 15.9 Å². The molecule has 0 aromatic carbocycles. The number of hydrogen-bond acceptors (Lipinski definition) is 7. The fraction of sp³-hybridized carbons (Fsp3) is 0.333. The molecular weight excluding hydrogens is 278 g/mol. The molecule has 0 bridgehead atoms. The number of carbonyl (C=O) groups excluding carboxylic acids is 1. The second-order valence-electron chi connectivity index (χ2n) is 4.99. The first-order valence-electron chi connectivity index (χ1n) is 5.87. The van der Waals surface area contributed by atoms with Crippen molar-refractivity contribution in [3.05, 3.63) is 17.8 Å². The van der Waals surface area contributed by atoms with E-state index < -0.39 is 11.7 Å². The highest BCUT2D eigenvalue weighted by Crippen LogP contribution is 2.22. The monoisotopic (exact) mass is 293 g/mol. The number of nitrogen functional groups attached to an aromatic ring is 1. The molecule has 0 saturated carbocycles. The molecule has 8 heteroatoms. The molecule has 0 radical (unpaired) electrons. The SMILES string of the molecule is CC(C)(C)OC(=O)Nc1ncc(-c2csc(N)n2)cn1. The van der Waals surface area contributed by atoms with Gasteiger partial charge in [0.2, 0.25) is 5.95 Å². The minimum atomic E-state index is -0.594. The maximum atomic E-state index is 11.5. The molecule has 0 unspecified atom stereocenters. The number of anilines is 2. The standard InChI is InChI=1S/C12H15N5O2S/c1-12(2,3)19-11(18)17-10-14-4-7(5-15-10)8-6-20-9(13)16-8/h4-6H,1-3H3,(H2,13,16)(H,14,15,17,18). The van der Waals surface area contributed by atoms with Gasteiger partial charge in [0.05, 0.1) is 5.69 Å². The Kier molecular flexibility index (Phi) is 3.84. The summed E-state index contributed by atoms with van der Waals surface area (Å²) in [6, 6.07) is 0. The molecule has 2 rings (SSSR count). The van der Waals surface area contributed by atoms with Crippen LogP contribution in [0.25, 0.3) is 11.3 Å². The molecule has 7 nitrogen and oxygen atoms in total. The summed E-state index contributed by atoms with van der Waals surface area (Å²) >= 11 is 1.34. The first kappa shape index (κ1) is 14.2. The van der Waals surface area contributed by atoms with Crippen molar-refractivity contribution in [1.82, 2.24) is 15.0 Å². The average molecular weight is 293 g/mol. The van der Waals surface area contributed by atoms with Crippen molar-refractivity contribution in [1.29, 1.82) is 0 Å². The van der Waals surface area contributed by atoms with Crippen molar-refractivity contribution >= 4 is 28.5 Å². The van der Waals surface area contributed by atoms with Crippen molar-refractivity contribution in [2.24, 2.45) is 0 Å². The van der Waals surface area contributed by atoms with Crippen molar-refractivity contribution < 1.29 is 9.53 Å². The maximum Gasteiger partial charge on any atom is 0.414 e. The maximum absolute atomic E-state index is 11.5. The Hall–Kier alpha value is -2.22. The lowest BCUT2D eigenvalue weighted by Crippen LogP contribution is -2.27. The molecule has 0 saturated heterocycles. The van der Waals surface area contributed by atoms with E-state index in [4.69, 9.17) is 10.5 Å². The molecular formula is C12H15N5O2S. The summed E-state index contributed by atoms with van der Waals surface area (Å²) < 4.78 is 5.10. The van der Waals surface area contributed by atoms with Crippen molar-refractivity contribution in [3.63, 3.8) is 0 Å². The number of nitrogens with zero attached hydrogens (tertiary/aromatic N) is 3. The topological polar surface area (TPSA) is 103 Å². The number of nitrogens with one attached hydrogen (secondary N) is 1. The highest BCUT2D eigenvalue weighted by Gasteiger charge is 2.17. The summed E-state index contributed by atoms with van der Waals surface area (Å²) in [4.78, 5) is 23.7. The zero-order valence-corrected chi connectivity index (χ0v) is 12.2. The number of nitrogens with two attached hydrogens (primary N) is 1. The summed E-state index contributed by atoms with van der Waals surface area (Å²) in [6.45, 7) is 5.34. The first-order chi connectivity index (χ1) is 9.33. The Morgan fingerprint density at radius 1 is 1.35 bits per heavy atom. The lowest BCUT2D eigenvalue weighted by Gasteiger charge is -2.19. The second-order valence-corrected chi connectivity index (χ2v) is 5.88. The van der Waals surface area contributed by atoms with Crippen LogP contribution < -0.4 is 11.1 Å². The smallest absolute Gasteiger partial charge is 0.414 e. The fourth-order valence-corrected chi connectivity index (χ4v) is 1.91. The zero-order chi connectivity index (χ0) is 14.8. The highest BCUT2D eigenvalue weighted by atomic mass is 32.1. The normalized spacial score (nSPS) is 11.2. The van der Waals surface area contributed by atoms with Gasteiger partial charge < -0.3 is 10.5 Å². The summed E-state index contributed by atoms with van der Waals surface area (Å²) in [5, 5.41) is 4.75. The fourth-order valence-electron chi connectivity index (χ4n) is 1.34. The van der Waals surface area contributed by atoms with Gasteiger partial charge in [-0.1, -0.05) is 0 Å². The molecule has 2 aromatic heterocycles. The molecule has 106 valence electrons. The van der Waals surface area contributed by atoms with Crippen molar-refractivity contribution in [2.75, 3.05) is 11.1 Å². The third kappa shape index (κ3) is 3.89. The molecule has 0 spiro atoms. The van der Waals surface area contributed by atoms with Gasteiger partial charge in [-0.05, 0) is 20.8 Å². The average Bonchev–Trinajstić information content (AvgIpc) is 2.74. The van der Waals surface area contributed by atoms with Gasteiger partial charge in [0.1, 0.15) is 5.60 Å². The lowest BCUT2D eigenvalue weighted by molar-refractivity contribution is 0.0634. The molecule has 0 atom stereocenters. The quantitative estimate of drug-likeness (QED) is 0.882. The number of amides is 1. The number of rotatable bonds is 2. The Bertz CT molecular complexity index is 603. The van der Waals surface area contributed by atoms with Gasteiger partial charge in [-0.25, -0.2) is 19.7 Å². The Balaban J connectivity index is 2.03. The van der Waals surface area contributed by atoms with Crippen LogP contribution in [0.15, 0.2) is 17.8 Å². The summed E-state index contributed by atoms with van der Waals surface area (Å²) in [5.41, 5.74) is 6.43. The van der Waals surface area contributed by atoms with E-state index in [-0.39, 0.29) is 5.95 Å². The predicted octanol–water partition coefficient (Wildman–Crippen LogP) is 2.53. The van der Waals surface area contributed by atoms with E-state index in [1.54, 1.807) is 33.2 Å². The number of carbonyl (C=O) groups is 1. The summed E-state index contributed by atoms with van der Waals surface area (Å²) in [7, 11) is 0. The van der Waals surface area contributed by atoms with Gasteiger partial charge in [0.15, 0.2) is 5.13 Å². The largest absolute Gasteiger partial charge is 0.444 e. The number of ether oxygens (including phenoxy) is 1. The van der Waals surface area contributed by atoms with Crippen LogP contribution >= 0.6 is 11.3 Å².